The third-order valence-corrected chi connectivity index (χ3v) is 6.83. The summed E-state index contributed by atoms with van der Waals surface area (Å²) in [6, 6.07) is 13.2. The zero-order valence-electron chi connectivity index (χ0n) is 15.5. The minimum absolute atomic E-state index is 0.175. The zero-order valence-corrected chi connectivity index (χ0v) is 17.1. The van der Waals surface area contributed by atoms with Crippen molar-refractivity contribution < 1.29 is 13.2 Å². The molecule has 1 heterocycles. The van der Waals surface area contributed by atoms with Crippen molar-refractivity contribution in [1.82, 2.24) is 13.9 Å². The van der Waals surface area contributed by atoms with E-state index in [0.717, 1.165) is 11.3 Å². The van der Waals surface area contributed by atoms with E-state index in [9.17, 15) is 13.2 Å². The van der Waals surface area contributed by atoms with Gasteiger partial charge in [-0.15, -0.1) is 5.10 Å². The van der Waals surface area contributed by atoms with Gasteiger partial charge in [0.2, 0.25) is 10.0 Å². The number of carbonyl (C=O) groups is 1. The van der Waals surface area contributed by atoms with Gasteiger partial charge in [0.1, 0.15) is 5.69 Å². The first-order valence-corrected chi connectivity index (χ1v) is 11.0. The zero-order chi connectivity index (χ0) is 20.1. The Morgan fingerprint density at radius 3 is 2.21 bits per heavy atom. The van der Waals surface area contributed by atoms with E-state index in [1.165, 1.54) is 40.1 Å². The number of sulfonamides is 1. The van der Waals surface area contributed by atoms with Gasteiger partial charge in [-0.1, -0.05) is 30.5 Å². The standard InChI is InChI=1S/C19H20N4O3S2/c1-3-23(4-2)28(25,26)17-11-7-15(8-12-17)19(24)20-16-9-5-14(6-10-16)18-13-27-22-21-18/h5-13H,3-4H2,1-2H3,(H,20,24). The highest BCUT2D eigenvalue weighted by atomic mass is 32.2. The maximum absolute atomic E-state index is 12.5. The first kappa shape index (κ1) is 20.1. The first-order valence-electron chi connectivity index (χ1n) is 8.74. The van der Waals surface area contributed by atoms with Crippen LogP contribution < -0.4 is 5.32 Å². The van der Waals surface area contributed by atoms with Crippen molar-refractivity contribution in [3.63, 3.8) is 0 Å². The third kappa shape index (κ3) is 4.27. The molecule has 0 unspecified atom stereocenters. The largest absolute Gasteiger partial charge is 0.322 e. The average Bonchev–Trinajstić information content (AvgIpc) is 3.24. The van der Waals surface area contributed by atoms with Gasteiger partial charge in [0, 0.05) is 35.3 Å². The van der Waals surface area contributed by atoms with Gasteiger partial charge in [-0.05, 0) is 47.9 Å². The Hall–Kier alpha value is -2.62. The summed E-state index contributed by atoms with van der Waals surface area (Å²) in [4.78, 5) is 12.6. The topological polar surface area (TPSA) is 92.3 Å². The Labute approximate surface area is 168 Å². The molecule has 0 fully saturated rings. The lowest BCUT2D eigenvalue weighted by Crippen LogP contribution is -2.30. The van der Waals surface area contributed by atoms with Crippen molar-refractivity contribution in [2.75, 3.05) is 18.4 Å². The van der Waals surface area contributed by atoms with Gasteiger partial charge in [-0.3, -0.25) is 4.79 Å². The van der Waals surface area contributed by atoms with Gasteiger partial charge in [0.05, 0.1) is 4.90 Å². The summed E-state index contributed by atoms with van der Waals surface area (Å²) in [7, 11) is -3.54. The maximum atomic E-state index is 12.5. The molecule has 0 radical (unpaired) electrons. The van der Waals surface area contributed by atoms with E-state index in [0.29, 0.717) is 24.3 Å². The molecule has 28 heavy (non-hydrogen) atoms. The summed E-state index contributed by atoms with van der Waals surface area (Å²) >= 11 is 1.28. The first-order chi connectivity index (χ1) is 13.5. The Bertz CT molecular complexity index is 1030. The summed E-state index contributed by atoms with van der Waals surface area (Å²) in [5.41, 5.74) is 2.72. The molecule has 1 N–H and O–H groups in total. The van der Waals surface area contributed by atoms with Crippen molar-refractivity contribution in [2.45, 2.75) is 18.7 Å². The molecule has 1 aromatic heterocycles. The minimum Gasteiger partial charge on any atom is -0.322 e. The molecule has 146 valence electrons. The van der Waals surface area contributed by atoms with Crippen LogP contribution in [0, 0.1) is 0 Å². The van der Waals surface area contributed by atoms with Gasteiger partial charge in [-0.25, -0.2) is 8.42 Å². The predicted octanol–water partition coefficient (Wildman–Crippen LogP) is 3.49. The van der Waals surface area contributed by atoms with E-state index >= 15 is 0 Å². The van der Waals surface area contributed by atoms with Crippen molar-refractivity contribution in [1.29, 1.82) is 0 Å². The summed E-state index contributed by atoms with van der Waals surface area (Å²) in [5.74, 6) is -0.310. The summed E-state index contributed by atoms with van der Waals surface area (Å²) < 4.78 is 30.2. The van der Waals surface area contributed by atoms with Gasteiger partial charge in [-0.2, -0.15) is 4.31 Å². The van der Waals surface area contributed by atoms with Gasteiger partial charge >= 0.3 is 0 Å². The Morgan fingerprint density at radius 1 is 1.04 bits per heavy atom. The van der Waals surface area contributed by atoms with Crippen LogP contribution in [0.15, 0.2) is 58.8 Å². The van der Waals surface area contributed by atoms with Crippen molar-refractivity contribution in [3.05, 3.63) is 59.5 Å². The highest BCUT2D eigenvalue weighted by Crippen LogP contribution is 2.21. The van der Waals surface area contributed by atoms with Gasteiger partial charge in [0.15, 0.2) is 0 Å². The Balaban J connectivity index is 1.71. The lowest BCUT2D eigenvalue weighted by molar-refractivity contribution is 0.102. The molecule has 9 heteroatoms. The van der Waals surface area contributed by atoms with E-state index in [1.54, 1.807) is 26.0 Å². The monoisotopic (exact) mass is 416 g/mol. The molecule has 0 saturated heterocycles. The summed E-state index contributed by atoms with van der Waals surface area (Å²) in [6.45, 7) is 4.38. The molecule has 0 atom stereocenters. The fourth-order valence-corrected chi connectivity index (χ4v) is 4.63. The molecule has 0 aliphatic rings. The summed E-state index contributed by atoms with van der Waals surface area (Å²) in [6.07, 6.45) is 0. The van der Waals surface area contributed by atoms with E-state index in [1.807, 2.05) is 17.5 Å². The molecule has 0 aliphatic heterocycles. The number of rotatable bonds is 7. The second-order valence-electron chi connectivity index (χ2n) is 5.94. The van der Waals surface area contributed by atoms with E-state index in [-0.39, 0.29) is 10.8 Å². The number of aromatic nitrogens is 2. The minimum atomic E-state index is -3.54. The molecule has 3 aromatic rings. The van der Waals surface area contributed by atoms with Crippen LogP contribution in [0.4, 0.5) is 5.69 Å². The van der Waals surface area contributed by atoms with Crippen LogP contribution in [-0.4, -0.2) is 41.3 Å². The number of nitrogens with one attached hydrogen (secondary N) is 1. The Morgan fingerprint density at radius 2 is 1.68 bits per heavy atom. The lowest BCUT2D eigenvalue weighted by Gasteiger charge is -2.18. The molecule has 0 aliphatic carbocycles. The fraction of sp³-hybridized carbons (Fsp3) is 0.211. The normalized spacial score (nSPS) is 11.5. The summed E-state index contributed by atoms with van der Waals surface area (Å²) in [5, 5.41) is 8.66. The van der Waals surface area contributed by atoms with Crippen LogP contribution in [0.1, 0.15) is 24.2 Å². The quantitative estimate of drug-likeness (QED) is 0.636. The fourth-order valence-electron chi connectivity index (χ4n) is 2.71. The molecule has 3 rings (SSSR count). The molecule has 0 bridgehead atoms. The van der Waals surface area contributed by atoms with Crippen LogP contribution in [0.2, 0.25) is 0 Å². The molecule has 0 saturated carbocycles. The lowest BCUT2D eigenvalue weighted by atomic mass is 10.1. The van der Waals surface area contributed by atoms with E-state index in [4.69, 9.17) is 0 Å². The maximum Gasteiger partial charge on any atom is 0.255 e. The number of carbonyl (C=O) groups excluding carboxylic acids is 1. The van der Waals surface area contributed by atoms with Crippen LogP contribution in [-0.2, 0) is 10.0 Å². The molecule has 7 nitrogen and oxygen atoms in total. The number of hydrogen-bond donors (Lipinski definition) is 1. The smallest absolute Gasteiger partial charge is 0.255 e. The number of nitrogens with zero attached hydrogens (tertiary/aromatic N) is 3. The van der Waals surface area contributed by atoms with Gasteiger partial charge in [0.25, 0.3) is 5.91 Å². The molecule has 2 aromatic carbocycles. The van der Waals surface area contributed by atoms with E-state index < -0.39 is 10.0 Å². The number of anilines is 1. The highest BCUT2D eigenvalue weighted by Gasteiger charge is 2.21. The number of amides is 1. The average molecular weight is 417 g/mol. The molecule has 1 amide bonds. The molecular weight excluding hydrogens is 396 g/mol. The SMILES string of the molecule is CCN(CC)S(=O)(=O)c1ccc(C(=O)Nc2ccc(-c3csnn3)cc2)cc1. The number of hydrogen-bond acceptors (Lipinski definition) is 6. The molecule has 0 spiro atoms. The van der Waals surface area contributed by atoms with Crippen LogP contribution in [0.25, 0.3) is 11.3 Å². The second-order valence-corrected chi connectivity index (χ2v) is 8.48. The second kappa shape index (κ2) is 8.59. The van der Waals surface area contributed by atoms with Crippen LogP contribution in [0.5, 0.6) is 0 Å². The van der Waals surface area contributed by atoms with Crippen molar-refractivity contribution in [3.8, 4) is 11.3 Å². The number of benzene rings is 2. The third-order valence-electron chi connectivity index (χ3n) is 4.26. The highest BCUT2D eigenvalue weighted by molar-refractivity contribution is 7.89. The molecular formula is C19H20N4O3S2. The van der Waals surface area contributed by atoms with Crippen molar-refractivity contribution in [2.24, 2.45) is 0 Å². The van der Waals surface area contributed by atoms with Crippen LogP contribution >= 0.6 is 11.5 Å². The Kier molecular flexibility index (Phi) is 6.18. The van der Waals surface area contributed by atoms with Crippen molar-refractivity contribution >= 4 is 33.2 Å². The van der Waals surface area contributed by atoms with Crippen LogP contribution in [0.3, 0.4) is 0 Å². The van der Waals surface area contributed by atoms with Gasteiger partial charge < -0.3 is 5.32 Å². The predicted molar refractivity (Wildman–Crippen MR) is 110 cm³/mol. The van der Waals surface area contributed by atoms with E-state index in [2.05, 4.69) is 14.9 Å².